The predicted molar refractivity (Wildman–Crippen MR) is 52.7 cm³/mol. The summed E-state index contributed by atoms with van der Waals surface area (Å²) in [4.78, 5) is 24.7. The molecular weight excluding hydrogens is 232 g/mol. The number of H-pyrrole nitrogens is 1. The van der Waals surface area contributed by atoms with E-state index in [1.807, 2.05) is 0 Å². The van der Waals surface area contributed by atoms with Gasteiger partial charge >= 0.3 is 5.69 Å². The number of ether oxygens (including phenoxy) is 2. The molecule has 1 aromatic rings. The molecule has 0 saturated carbocycles. The zero-order chi connectivity index (χ0) is 12.2. The molecule has 8 nitrogen and oxygen atoms in total. The van der Waals surface area contributed by atoms with Crippen LogP contribution in [0.5, 0.6) is 5.88 Å². The van der Waals surface area contributed by atoms with E-state index in [-0.39, 0.29) is 12.5 Å². The van der Waals surface area contributed by atoms with E-state index in [2.05, 4.69) is 4.98 Å². The van der Waals surface area contributed by atoms with Gasteiger partial charge in [0, 0.05) is 0 Å². The molecule has 2 aliphatic heterocycles. The molecule has 2 unspecified atom stereocenters. The second-order valence-electron chi connectivity index (χ2n) is 3.97. The molecule has 3 N–H and O–H groups in total. The molecular formula is C9H10N2O6. The Morgan fingerprint density at radius 2 is 2.24 bits per heavy atom. The molecule has 0 bridgehead atoms. The number of aliphatic hydroxyl groups is 2. The van der Waals surface area contributed by atoms with Gasteiger partial charge < -0.3 is 19.7 Å². The summed E-state index contributed by atoms with van der Waals surface area (Å²) in [5, 5.41) is 18.7. The maximum absolute atomic E-state index is 11.6. The van der Waals surface area contributed by atoms with Crippen molar-refractivity contribution >= 4 is 0 Å². The van der Waals surface area contributed by atoms with Gasteiger partial charge in [-0.1, -0.05) is 0 Å². The first kappa shape index (κ1) is 10.5. The molecule has 1 fully saturated rings. The summed E-state index contributed by atoms with van der Waals surface area (Å²) >= 11 is 0. The molecule has 8 heteroatoms. The summed E-state index contributed by atoms with van der Waals surface area (Å²) in [7, 11) is 0. The first-order valence-corrected chi connectivity index (χ1v) is 5.08. The normalized spacial score (nSPS) is 34.2. The Morgan fingerprint density at radius 1 is 1.47 bits per heavy atom. The highest BCUT2D eigenvalue weighted by Crippen LogP contribution is 2.38. The summed E-state index contributed by atoms with van der Waals surface area (Å²) in [6.07, 6.45) is -3.44. The highest BCUT2D eigenvalue weighted by atomic mass is 16.6. The third-order valence-electron chi connectivity index (χ3n) is 2.94. The molecule has 0 spiro atoms. The van der Waals surface area contributed by atoms with Crippen molar-refractivity contribution in [2.75, 3.05) is 6.61 Å². The van der Waals surface area contributed by atoms with Crippen LogP contribution in [0.1, 0.15) is 6.23 Å². The van der Waals surface area contributed by atoms with Gasteiger partial charge in [0.2, 0.25) is 5.88 Å². The summed E-state index contributed by atoms with van der Waals surface area (Å²) in [5.74, 6) is 0.0594. The van der Waals surface area contributed by atoms with Crippen LogP contribution in [0.2, 0.25) is 0 Å². The molecule has 2 aliphatic rings. The number of hydrogen-bond acceptors (Lipinski definition) is 6. The van der Waals surface area contributed by atoms with E-state index in [0.717, 1.165) is 10.6 Å². The lowest BCUT2D eigenvalue weighted by molar-refractivity contribution is -0.0445. The maximum Gasteiger partial charge on any atom is 0.333 e. The first-order chi connectivity index (χ1) is 8.11. The topological polar surface area (TPSA) is 114 Å². The molecule has 92 valence electrons. The zero-order valence-electron chi connectivity index (χ0n) is 8.57. The van der Waals surface area contributed by atoms with Crippen LogP contribution in [0.25, 0.3) is 0 Å². The van der Waals surface area contributed by atoms with E-state index in [1.165, 1.54) is 0 Å². The molecule has 0 radical (unpaired) electrons. The van der Waals surface area contributed by atoms with Crippen molar-refractivity contribution in [2.24, 2.45) is 0 Å². The number of rotatable bonds is 1. The third kappa shape index (κ3) is 1.35. The van der Waals surface area contributed by atoms with Gasteiger partial charge in [-0.3, -0.25) is 9.78 Å². The molecule has 3 rings (SSSR count). The Bertz CT molecular complexity index is 563. The number of aromatic nitrogens is 2. The van der Waals surface area contributed by atoms with Gasteiger partial charge in [-0.2, -0.15) is 0 Å². The van der Waals surface area contributed by atoms with Gasteiger partial charge in [-0.15, -0.1) is 0 Å². The van der Waals surface area contributed by atoms with Gasteiger partial charge in [0.1, 0.15) is 12.2 Å². The molecule has 17 heavy (non-hydrogen) atoms. The Labute approximate surface area is 94.0 Å². The quantitative estimate of drug-likeness (QED) is 0.503. The van der Waals surface area contributed by atoms with Gasteiger partial charge in [-0.05, 0) is 0 Å². The van der Waals surface area contributed by atoms with Crippen molar-refractivity contribution < 1.29 is 19.7 Å². The Balaban J connectivity index is 2.08. The van der Waals surface area contributed by atoms with Crippen molar-refractivity contribution in [2.45, 2.75) is 24.5 Å². The van der Waals surface area contributed by atoms with Crippen molar-refractivity contribution in [1.82, 2.24) is 9.55 Å². The van der Waals surface area contributed by atoms with Gasteiger partial charge in [0.05, 0.1) is 12.7 Å². The van der Waals surface area contributed by atoms with E-state index in [9.17, 15) is 14.7 Å². The smallest absolute Gasteiger partial charge is 0.333 e. The van der Waals surface area contributed by atoms with E-state index in [0.29, 0.717) is 0 Å². The summed E-state index contributed by atoms with van der Waals surface area (Å²) in [5.41, 5.74) is -1.24. The lowest BCUT2D eigenvalue weighted by atomic mass is 10.1. The van der Waals surface area contributed by atoms with Gasteiger partial charge in [0.25, 0.3) is 5.56 Å². The average molecular weight is 242 g/mol. The van der Waals surface area contributed by atoms with Crippen molar-refractivity contribution in [3.05, 3.63) is 26.9 Å². The average Bonchev–Trinajstić information content (AvgIpc) is 2.75. The SMILES string of the molecule is O=c1cc2n(c(=O)[nH]1)[C@@H]1O[C@H](CO)C(O)C1O2. The minimum atomic E-state index is -1.04. The minimum absolute atomic E-state index is 0.0594. The number of hydrogen-bond donors (Lipinski definition) is 3. The van der Waals surface area contributed by atoms with Crippen molar-refractivity contribution in [1.29, 1.82) is 0 Å². The molecule has 3 heterocycles. The maximum atomic E-state index is 11.6. The Morgan fingerprint density at radius 3 is 2.94 bits per heavy atom. The molecule has 0 amide bonds. The lowest BCUT2D eigenvalue weighted by Gasteiger charge is -2.14. The highest BCUT2D eigenvalue weighted by molar-refractivity contribution is 5.17. The lowest BCUT2D eigenvalue weighted by Crippen LogP contribution is -2.34. The van der Waals surface area contributed by atoms with E-state index < -0.39 is 35.8 Å². The second kappa shape index (κ2) is 3.42. The summed E-state index contributed by atoms with van der Waals surface area (Å²) in [6, 6.07) is 1.11. The van der Waals surface area contributed by atoms with Crippen LogP contribution in [0, 0.1) is 0 Å². The number of fused-ring (bicyclic) bond motifs is 3. The van der Waals surface area contributed by atoms with Crippen LogP contribution in [0.4, 0.5) is 0 Å². The van der Waals surface area contributed by atoms with Gasteiger partial charge in [0.15, 0.2) is 12.3 Å². The van der Waals surface area contributed by atoms with Crippen LogP contribution in [0.15, 0.2) is 15.7 Å². The van der Waals surface area contributed by atoms with E-state index in [1.54, 1.807) is 0 Å². The number of nitrogens with zero attached hydrogens (tertiary/aromatic N) is 1. The second-order valence-corrected chi connectivity index (χ2v) is 3.97. The molecule has 0 aliphatic carbocycles. The molecule has 0 aromatic carbocycles. The number of aliphatic hydroxyl groups excluding tert-OH is 2. The predicted octanol–water partition coefficient (Wildman–Crippen LogP) is -2.45. The fourth-order valence-corrected chi connectivity index (χ4v) is 2.16. The number of aromatic amines is 1. The Kier molecular flexibility index (Phi) is 2.12. The van der Waals surface area contributed by atoms with Crippen LogP contribution in [-0.2, 0) is 4.74 Å². The van der Waals surface area contributed by atoms with E-state index >= 15 is 0 Å². The van der Waals surface area contributed by atoms with Crippen molar-refractivity contribution in [3.8, 4) is 5.88 Å². The van der Waals surface area contributed by atoms with Gasteiger partial charge in [-0.25, -0.2) is 9.36 Å². The monoisotopic (exact) mass is 242 g/mol. The standard InChI is InChI=1S/C9H10N2O6/c12-2-3-6(14)7-8(16-3)11-5(17-7)1-4(13)10-9(11)15/h1,3,6-8,12,14H,2H2,(H,10,13,15)/t3-,6?,7?,8-/m1/s1. The Hall–Kier alpha value is -1.64. The summed E-state index contributed by atoms with van der Waals surface area (Å²) < 4.78 is 11.7. The molecule has 4 atom stereocenters. The first-order valence-electron chi connectivity index (χ1n) is 5.08. The largest absolute Gasteiger partial charge is 0.467 e. The minimum Gasteiger partial charge on any atom is -0.467 e. The van der Waals surface area contributed by atoms with E-state index in [4.69, 9.17) is 14.6 Å². The molecule has 1 aromatic heterocycles. The zero-order valence-corrected chi connectivity index (χ0v) is 8.57. The third-order valence-corrected chi connectivity index (χ3v) is 2.94. The van der Waals surface area contributed by atoms with Crippen molar-refractivity contribution in [3.63, 3.8) is 0 Å². The number of nitrogens with one attached hydrogen (secondary N) is 1. The summed E-state index contributed by atoms with van der Waals surface area (Å²) in [6.45, 7) is -0.370. The fourth-order valence-electron chi connectivity index (χ4n) is 2.16. The molecule has 1 saturated heterocycles. The van der Waals surface area contributed by atoms with Crippen LogP contribution < -0.4 is 16.0 Å². The van der Waals surface area contributed by atoms with Crippen LogP contribution in [-0.4, -0.2) is 44.7 Å². The van der Waals surface area contributed by atoms with Crippen LogP contribution in [0.3, 0.4) is 0 Å². The highest BCUT2D eigenvalue weighted by Gasteiger charge is 2.51. The fraction of sp³-hybridized carbons (Fsp3) is 0.556. The van der Waals surface area contributed by atoms with Crippen LogP contribution >= 0.6 is 0 Å².